The van der Waals surface area contributed by atoms with Gasteiger partial charge in [0.05, 0.1) is 11.5 Å². The van der Waals surface area contributed by atoms with Crippen molar-refractivity contribution >= 4 is 50.6 Å². The molecule has 1 aliphatic rings. The number of aliphatic hydroxyl groups excluding tert-OH is 1. The van der Waals surface area contributed by atoms with Gasteiger partial charge in [-0.15, -0.1) is 5.10 Å². The molecule has 0 radical (unpaired) electrons. The van der Waals surface area contributed by atoms with Gasteiger partial charge < -0.3 is 10.4 Å². The number of aliphatic hydroxyl groups is 1. The van der Waals surface area contributed by atoms with E-state index in [1.54, 1.807) is 6.21 Å². The number of hydrogen-bond donors (Lipinski definition) is 2. The second-order valence-electron chi connectivity index (χ2n) is 5.99. The molecule has 5 nitrogen and oxygen atoms in total. The van der Waals surface area contributed by atoms with Crippen molar-refractivity contribution in [2.45, 2.75) is 11.7 Å². The normalized spacial score (nSPS) is 19.0. The zero-order valence-electron chi connectivity index (χ0n) is 13.9. The van der Waals surface area contributed by atoms with E-state index in [9.17, 15) is 4.79 Å². The Morgan fingerprint density at radius 3 is 2.38 bits per heavy atom. The van der Waals surface area contributed by atoms with Gasteiger partial charge in [0.25, 0.3) is 0 Å². The second kappa shape index (κ2) is 7.27. The Morgan fingerprint density at radius 2 is 1.73 bits per heavy atom. The van der Waals surface area contributed by atoms with E-state index in [1.807, 2.05) is 24.3 Å². The lowest BCUT2D eigenvalue weighted by Gasteiger charge is -2.07. The fraction of sp³-hybridized carbons (Fsp3) is 0.150. The van der Waals surface area contributed by atoms with Crippen LogP contribution in [0.5, 0.6) is 0 Å². The highest BCUT2D eigenvalue weighted by atomic mass is 32.2. The number of amides is 1. The third-order valence-corrected chi connectivity index (χ3v) is 5.46. The molecule has 130 valence electrons. The van der Waals surface area contributed by atoms with Crippen LogP contribution in [0, 0.1) is 0 Å². The molecule has 26 heavy (non-hydrogen) atoms. The molecule has 1 atom stereocenters. The predicted octanol–water partition coefficient (Wildman–Crippen LogP) is 3.30. The average Bonchev–Trinajstić information content (AvgIpc) is 3.01. The van der Waals surface area contributed by atoms with Crippen LogP contribution >= 0.6 is 11.8 Å². The number of nitrogens with one attached hydrogen (secondary N) is 1. The Balaban J connectivity index is 1.71. The van der Waals surface area contributed by atoms with E-state index in [2.05, 4.69) is 45.9 Å². The summed E-state index contributed by atoms with van der Waals surface area (Å²) in [5, 5.41) is 24.7. The fourth-order valence-electron chi connectivity index (χ4n) is 3.09. The van der Waals surface area contributed by atoms with Crippen LogP contribution in [0.1, 0.15) is 12.0 Å². The first-order valence-electron chi connectivity index (χ1n) is 8.36. The first-order valence-corrected chi connectivity index (χ1v) is 9.24. The maximum atomic E-state index is 11.8. The highest BCUT2D eigenvalue weighted by molar-refractivity contribution is 8.15. The summed E-state index contributed by atoms with van der Waals surface area (Å²) in [7, 11) is 0. The maximum Gasteiger partial charge on any atom is 0.239 e. The summed E-state index contributed by atoms with van der Waals surface area (Å²) in [6.45, 7) is -0.0242. The lowest BCUT2D eigenvalue weighted by Crippen LogP contribution is -2.25. The van der Waals surface area contributed by atoms with Gasteiger partial charge >= 0.3 is 0 Å². The molecule has 0 spiro atoms. The van der Waals surface area contributed by atoms with Crippen LogP contribution in [-0.2, 0) is 4.79 Å². The second-order valence-corrected chi connectivity index (χ2v) is 7.18. The van der Waals surface area contributed by atoms with Gasteiger partial charge in [0.15, 0.2) is 5.17 Å². The van der Waals surface area contributed by atoms with Gasteiger partial charge in [0.1, 0.15) is 0 Å². The smallest absolute Gasteiger partial charge is 0.239 e. The van der Waals surface area contributed by atoms with Gasteiger partial charge in [-0.05, 0) is 34.0 Å². The Labute approximate surface area is 154 Å². The zero-order valence-corrected chi connectivity index (χ0v) is 14.7. The van der Waals surface area contributed by atoms with E-state index in [-0.39, 0.29) is 17.8 Å². The summed E-state index contributed by atoms with van der Waals surface area (Å²) in [5.41, 5.74) is 1.00. The molecule has 1 unspecified atom stereocenters. The number of hydrogen-bond acceptors (Lipinski definition) is 5. The van der Waals surface area contributed by atoms with Crippen molar-refractivity contribution in [1.82, 2.24) is 5.32 Å². The summed E-state index contributed by atoms with van der Waals surface area (Å²) in [6.07, 6.45) is 2.15. The summed E-state index contributed by atoms with van der Waals surface area (Å²) >= 11 is 1.30. The Kier molecular flexibility index (Phi) is 4.69. The monoisotopic (exact) mass is 363 g/mol. The summed E-state index contributed by atoms with van der Waals surface area (Å²) < 4.78 is 0. The van der Waals surface area contributed by atoms with Crippen LogP contribution < -0.4 is 5.32 Å². The first-order chi connectivity index (χ1) is 12.8. The van der Waals surface area contributed by atoms with Crippen molar-refractivity contribution in [3.05, 3.63) is 60.2 Å². The molecule has 0 aliphatic carbocycles. The van der Waals surface area contributed by atoms with E-state index in [1.165, 1.54) is 11.8 Å². The van der Waals surface area contributed by atoms with Crippen molar-refractivity contribution in [3.63, 3.8) is 0 Å². The average molecular weight is 363 g/mol. The standard InChI is InChI=1S/C20H17N3O2S/c24-10-9-18-19(25)22-20(26-18)23-21-12-17-15-7-3-1-5-13(15)11-14-6-2-4-8-16(14)17/h1-8,11-12,18,24H,9-10H2,(H,22,23,25)/b21-12+. The lowest BCUT2D eigenvalue weighted by atomic mass is 9.97. The van der Waals surface area contributed by atoms with Gasteiger partial charge in [0.2, 0.25) is 5.91 Å². The molecule has 0 aromatic heterocycles. The molecule has 1 amide bonds. The summed E-state index contributed by atoms with van der Waals surface area (Å²) in [4.78, 5) is 11.8. The largest absolute Gasteiger partial charge is 0.396 e. The molecule has 0 bridgehead atoms. The summed E-state index contributed by atoms with van der Waals surface area (Å²) in [6, 6.07) is 18.5. The highest BCUT2D eigenvalue weighted by Crippen LogP contribution is 2.27. The molecule has 1 fully saturated rings. The van der Waals surface area contributed by atoms with Gasteiger partial charge in [-0.1, -0.05) is 60.3 Å². The number of amidine groups is 1. The molecule has 6 heteroatoms. The zero-order chi connectivity index (χ0) is 17.9. The quantitative estimate of drug-likeness (QED) is 0.424. The van der Waals surface area contributed by atoms with E-state index >= 15 is 0 Å². The third-order valence-electron chi connectivity index (χ3n) is 4.32. The van der Waals surface area contributed by atoms with E-state index in [0.717, 1.165) is 27.1 Å². The molecule has 4 rings (SSSR count). The third kappa shape index (κ3) is 3.21. The minimum Gasteiger partial charge on any atom is -0.396 e. The van der Waals surface area contributed by atoms with Crippen LogP contribution in [0.4, 0.5) is 0 Å². The van der Waals surface area contributed by atoms with Gasteiger partial charge in [-0.2, -0.15) is 5.10 Å². The molecule has 3 aromatic rings. The predicted molar refractivity (Wildman–Crippen MR) is 108 cm³/mol. The molecule has 1 aliphatic heterocycles. The molecule has 3 aromatic carbocycles. The first kappa shape index (κ1) is 16.8. The minimum absolute atomic E-state index is 0.0242. The Hall–Kier alpha value is -2.70. The number of benzene rings is 3. The minimum atomic E-state index is -0.299. The number of rotatable bonds is 4. The number of carbonyl (C=O) groups is 1. The molecular formula is C20H17N3O2S. The van der Waals surface area contributed by atoms with Gasteiger partial charge in [-0.3, -0.25) is 4.79 Å². The number of carbonyl (C=O) groups excluding carboxylic acids is 1. The van der Waals surface area contributed by atoms with Crippen LogP contribution in [-0.4, -0.2) is 34.3 Å². The van der Waals surface area contributed by atoms with Crippen LogP contribution in [0.15, 0.2) is 64.8 Å². The maximum absolute atomic E-state index is 11.8. The van der Waals surface area contributed by atoms with Crippen LogP contribution in [0.2, 0.25) is 0 Å². The van der Waals surface area contributed by atoms with Gasteiger partial charge in [0, 0.05) is 12.2 Å². The number of nitrogens with zero attached hydrogens (tertiary/aromatic N) is 2. The summed E-state index contributed by atoms with van der Waals surface area (Å²) in [5.74, 6) is -0.131. The van der Waals surface area contributed by atoms with Crippen molar-refractivity contribution in [2.75, 3.05) is 6.61 Å². The molecule has 1 heterocycles. The fourth-order valence-corrected chi connectivity index (χ4v) is 4.00. The SMILES string of the molecule is O=C1N/C(=N\N=C\c2c3ccccc3cc3ccccc23)SC1CCO. The van der Waals surface area contributed by atoms with Crippen LogP contribution in [0.25, 0.3) is 21.5 Å². The van der Waals surface area contributed by atoms with Crippen molar-refractivity contribution < 1.29 is 9.90 Å². The number of thioether (sulfide) groups is 1. The molecule has 2 N–H and O–H groups in total. The molecule has 0 saturated carbocycles. The van der Waals surface area contributed by atoms with Gasteiger partial charge in [-0.25, -0.2) is 0 Å². The van der Waals surface area contributed by atoms with E-state index in [4.69, 9.17) is 5.11 Å². The topological polar surface area (TPSA) is 74.0 Å². The van der Waals surface area contributed by atoms with Crippen molar-refractivity contribution in [1.29, 1.82) is 0 Å². The lowest BCUT2D eigenvalue weighted by molar-refractivity contribution is -0.119. The highest BCUT2D eigenvalue weighted by Gasteiger charge is 2.29. The van der Waals surface area contributed by atoms with Crippen LogP contribution in [0.3, 0.4) is 0 Å². The number of fused-ring (bicyclic) bond motifs is 2. The van der Waals surface area contributed by atoms with E-state index in [0.29, 0.717) is 11.6 Å². The van der Waals surface area contributed by atoms with E-state index < -0.39 is 0 Å². The molecule has 1 saturated heterocycles. The van der Waals surface area contributed by atoms with Crippen molar-refractivity contribution in [2.24, 2.45) is 10.2 Å². The Morgan fingerprint density at radius 1 is 1.08 bits per heavy atom. The van der Waals surface area contributed by atoms with Crippen molar-refractivity contribution in [3.8, 4) is 0 Å². The Bertz CT molecular complexity index is 992. The molecular weight excluding hydrogens is 346 g/mol.